The number of rotatable bonds is 5. The highest BCUT2D eigenvalue weighted by Gasteiger charge is 2.22. The van der Waals surface area contributed by atoms with Crippen molar-refractivity contribution in [1.29, 1.82) is 0 Å². The van der Waals surface area contributed by atoms with Crippen LogP contribution in [0, 0.1) is 6.92 Å². The summed E-state index contributed by atoms with van der Waals surface area (Å²) in [5.74, 6) is 0.857. The lowest BCUT2D eigenvalue weighted by Crippen LogP contribution is -2.13. The molecule has 0 saturated carbocycles. The predicted octanol–water partition coefficient (Wildman–Crippen LogP) is 4.09. The molecule has 0 bridgehead atoms. The Bertz CT molecular complexity index is 1340. The molecule has 1 N–H and O–H groups in total. The summed E-state index contributed by atoms with van der Waals surface area (Å²) in [6.45, 7) is 1.99. The molecule has 0 unspecified atom stereocenters. The highest BCUT2D eigenvalue weighted by Crippen LogP contribution is 2.24. The largest absolute Gasteiger partial charge is 0.457 e. The number of amides is 1. The Morgan fingerprint density at radius 2 is 1.77 bits per heavy atom. The van der Waals surface area contributed by atoms with Crippen LogP contribution in [-0.2, 0) is 9.84 Å². The van der Waals surface area contributed by atoms with Crippen molar-refractivity contribution in [2.24, 2.45) is 0 Å². The number of anilines is 1. The number of nitrogens with zero attached hydrogens (tertiary/aromatic N) is 2. The van der Waals surface area contributed by atoms with Gasteiger partial charge in [-0.25, -0.2) is 13.4 Å². The Hall–Kier alpha value is -3.65. The van der Waals surface area contributed by atoms with E-state index in [-0.39, 0.29) is 10.9 Å². The number of benzene rings is 2. The van der Waals surface area contributed by atoms with E-state index < -0.39 is 15.7 Å². The fourth-order valence-electron chi connectivity index (χ4n) is 3.05. The maximum absolute atomic E-state index is 12.8. The molecule has 2 aromatic heterocycles. The number of carbonyl (C=O) groups is 1. The van der Waals surface area contributed by atoms with Crippen LogP contribution in [0.5, 0.6) is 11.5 Å². The van der Waals surface area contributed by atoms with Gasteiger partial charge in [0.2, 0.25) is 15.0 Å². The number of hydrogen-bond donors (Lipinski definition) is 1. The molecule has 2 heterocycles. The third-order valence-corrected chi connectivity index (χ3v) is 5.35. The Labute approximate surface area is 173 Å². The van der Waals surface area contributed by atoms with Gasteiger partial charge < -0.3 is 10.1 Å². The van der Waals surface area contributed by atoms with Crippen LogP contribution in [0.1, 0.15) is 16.1 Å². The second-order valence-electron chi connectivity index (χ2n) is 6.87. The van der Waals surface area contributed by atoms with E-state index in [0.29, 0.717) is 17.0 Å². The number of aryl methyl sites for hydroxylation is 1. The standard InChI is InChI=1S/C22H19N3O4S/c1-15-6-5-7-18(14-15)29-17-11-9-16(10-12-17)23-21(26)20-19-8-3-4-13-25(19)22(24-20)30(2,27)28/h3-14H,1-2H3,(H,23,26). The van der Waals surface area contributed by atoms with Gasteiger partial charge in [0.1, 0.15) is 11.5 Å². The molecule has 0 aliphatic rings. The molecule has 4 rings (SSSR count). The number of aromatic nitrogens is 2. The normalized spacial score (nSPS) is 11.4. The van der Waals surface area contributed by atoms with Crippen LogP contribution < -0.4 is 10.1 Å². The van der Waals surface area contributed by atoms with Gasteiger partial charge in [0, 0.05) is 18.1 Å². The zero-order valence-corrected chi connectivity index (χ0v) is 17.2. The summed E-state index contributed by atoms with van der Waals surface area (Å²) in [6.07, 6.45) is 2.62. The van der Waals surface area contributed by atoms with Crippen LogP contribution in [0.4, 0.5) is 5.69 Å². The lowest BCUT2D eigenvalue weighted by atomic mass is 10.2. The molecule has 0 aliphatic heterocycles. The molecule has 8 heteroatoms. The zero-order chi connectivity index (χ0) is 21.3. The zero-order valence-electron chi connectivity index (χ0n) is 16.4. The monoisotopic (exact) mass is 421 g/mol. The van der Waals surface area contributed by atoms with Gasteiger partial charge in [-0.15, -0.1) is 0 Å². The number of imidazole rings is 1. The Morgan fingerprint density at radius 1 is 1.00 bits per heavy atom. The Balaban J connectivity index is 1.56. The summed E-state index contributed by atoms with van der Waals surface area (Å²) >= 11 is 0. The third kappa shape index (κ3) is 4.04. The molecule has 152 valence electrons. The molecule has 0 aliphatic carbocycles. The SMILES string of the molecule is Cc1cccc(Oc2ccc(NC(=O)c3nc(S(C)(=O)=O)n4ccccc34)cc2)c1. The van der Waals surface area contributed by atoms with E-state index in [2.05, 4.69) is 10.3 Å². The first-order chi connectivity index (χ1) is 14.3. The smallest absolute Gasteiger partial charge is 0.276 e. The fraction of sp³-hybridized carbons (Fsp3) is 0.0909. The van der Waals surface area contributed by atoms with Gasteiger partial charge >= 0.3 is 0 Å². The average Bonchev–Trinajstić information content (AvgIpc) is 3.10. The first kappa shape index (κ1) is 19.7. The molecule has 0 atom stereocenters. The van der Waals surface area contributed by atoms with Crippen LogP contribution in [0.15, 0.2) is 78.1 Å². The summed E-state index contributed by atoms with van der Waals surface area (Å²) in [5.41, 5.74) is 2.08. The number of hydrogen-bond acceptors (Lipinski definition) is 5. The fourth-order valence-corrected chi connectivity index (χ4v) is 3.82. The Kier molecular flexibility index (Phi) is 5.01. The third-order valence-electron chi connectivity index (χ3n) is 4.40. The molecule has 4 aromatic rings. The Morgan fingerprint density at radius 3 is 2.47 bits per heavy atom. The van der Waals surface area contributed by atoms with Crippen molar-refractivity contribution in [3.8, 4) is 11.5 Å². The molecule has 7 nitrogen and oxygen atoms in total. The highest BCUT2D eigenvalue weighted by molar-refractivity contribution is 7.90. The van der Waals surface area contributed by atoms with Crippen molar-refractivity contribution in [2.75, 3.05) is 11.6 Å². The summed E-state index contributed by atoms with van der Waals surface area (Å²) in [6, 6.07) is 19.6. The first-order valence-electron chi connectivity index (χ1n) is 9.14. The highest BCUT2D eigenvalue weighted by atomic mass is 32.2. The minimum atomic E-state index is -3.60. The molecule has 30 heavy (non-hydrogen) atoms. The van der Waals surface area contributed by atoms with E-state index in [4.69, 9.17) is 4.74 Å². The molecule has 0 fully saturated rings. The van der Waals surface area contributed by atoms with E-state index in [1.165, 1.54) is 4.40 Å². The quantitative estimate of drug-likeness (QED) is 0.524. The summed E-state index contributed by atoms with van der Waals surface area (Å²) < 4.78 is 31.2. The average molecular weight is 421 g/mol. The minimum Gasteiger partial charge on any atom is -0.457 e. The molecule has 0 saturated heterocycles. The number of nitrogens with one attached hydrogen (secondary N) is 1. The summed E-state index contributed by atoms with van der Waals surface area (Å²) in [7, 11) is -3.60. The van der Waals surface area contributed by atoms with Crippen molar-refractivity contribution in [3.63, 3.8) is 0 Å². The lowest BCUT2D eigenvalue weighted by molar-refractivity contribution is 0.102. The number of ether oxygens (including phenoxy) is 1. The van der Waals surface area contributed by atoms with Gasteiger partial charge in [-0.05, 0) is 61.0 Å². The van der Waals surface area contributed by atoms with Crippen molar-refractivity contribution < 1.29 is 17.9 Å². The van der Waals surface area contributed by atoms with Crippen molar-refractivity contribution in [2.45, 2.75) is 12.1 Å². The van der Waals surface area contributed by atoms with Gasteiger partial charge in [-0.2, -0.15) is 0 Å². The number of pyridine rings is 1. The van der Waals surface area contributed by atoms with Crippen LogP contribution in [0.25, 0.3) is 5.52 Å². The molecule has 1 amide bonds. The van der Waals surface area contributed by atoms with Crippen molar-refractivity contribution in [1.82, 2.24) is 9.38 Å². The van der Waals surface area contributed by atoms with Crippen molar-refractivity contribution >= 4 is 26.9 Å². The van der Waals surface area contributed by atoms with E-state index in [1.807, 2.05) is 31.2 Å². The lowest BCUT2D eigenvalue weighted by Gasteiger charge is -2.08. The van der Waals surface area contributed by atoms with Crippen LogP contribution in [0.2, 0.25) is 0 Å². The van der Waals surface area contributed by atoms with Gasteiger partial charge in [-0.1, -0.05) is 18.2 Å². The maximum Gasteiger partial charge on any atom is 0.276 e. The summed E-state index contributed by atoms with van der Waals surface area (Å²) in [4.78, 5) is 16.8. The second-order valence-corrected chi connectivity index (χ2v) is 8.78. The predicted molar refractivity (Wildman–Crippen MR) is 114 cm³/mol. The maximum atomic E-state index is 12.8. The van der Waals surface area contributed by atoms with Crippen molar-refractivity contribution in [3.05, 3.63) is 84.2 Å². The van der Waals surface area contributed by atoms with E-state index >= 15 is 0 Å². The van der Waals surface area contributed by atoms with E-state index in [9.17, 15) is 13.2 Å². The molecule has 0 radical (unpaired) electrons. The van der Waals surface area contributed by atoms with Gasteiger partial charge in [0.25, 0.3) is 5.91 Å². The number of carbonyl (C=O) groups excluding carboxylic acids is 1. The van der Waals surface area contributed by atoms with Gasteiger partial charge in [0.05, 0.1) is 5.52 Å². The topological polar surface area (TPSA) is 89.8 Å². The van der Waals surface area contributed by atoms with E-state index in [1.54, 1.807) is 48.7 Å². The number of fused-ring (bicyclic) bond motifs is 1. The van der Waals surface area contributed by atoms with Gasteiger partial charge in [-0.3, -0.25) is 9.20 Å². The minimum absolute atomic E-state index is 0.0381. The number of sulfone groups is 1. The van der Waals surface area contributed by atoms with Crippen LogP contribution >= 0.6 is 0 Å². The molecule has 0 spiro atoms. The molecular formula is C22H19N3O4S. The molecule has 2 aromatic carbocycles. The summed E-state index contributed by atoms with van der Waals surface area (Å²) in [5, 5.41) is 2.57. The van der Waals surface area contributed by atoms with Crippen LogP contribution in [0.3, 0.4) is 0 Å². The van der Waals surface area contributed by atoms with E-state index in [0.717, 1.165) is 17.6 Å². The van der Waals surface area contributed by atoms with Crippen LogP contribution in [-0.4, -0.2) is 30.0 Å². The second kappa shape index (κ2) is 7.64. The van der Waals surface area contributed by atoms with Gasteiger partial charge in [0.15, 0.2) is 5.69 Å². The molecular weight excluding hydrogens is 402 g/mol. The first-order valence-corrected chi connectivity index (χ1v) is 11.0.